The molecule has 1 heterocycles. The SMILES string of the molecule is CC.Cc1cc2c(cc1C)OCCO2. The van der Waals surface area contributed by atoms with Crippen molar-refractivity contribution in [1.29, 1.82) is 0 Å². The van der Waals surface area contributed by atoms with Crippen LogP contribution in [0.2, 0.25) is 0 Å². The van der Waals surface area contributed by atoms with Crippen molar-refractivity contribution in [1.82, 2.24) is 0 Å². The second-order valence-electron chi connectivity index (χ2n) is 3.08. The Kier molecular flexibility index (Phi) is 3.81. The van der Waals surface area contributed by atoms with Gasteiger partial charge in [-0.25, -0.2) is 0 Å². The molecule has 0 aromatic heterocycles. The molecule has 1 aromatic carbocycles. The van der Waals surface area contributed by atoms with Gasteiger partial charge in [-0.2, -0.15) is 0 Å². The summed E-state index contributed by atoms with van der Waals surface area (Å²) in [6.45, 7) is 9.48. The third-order valence-electron chi connectivity index (χ3n) is 2.16. The highest BCUT2D eigenvalue weighted by Gasteiger charge is 2.11. The largest absolute Gasteiger partial charge is 0.486 e. The van der Waals surface area contributed by atoms with Crippen LogP contribution in [0.3, 0.4) is 0 Å². The molecule has 0 saturated carbocycles. The van der Waals surface area contributed by atoms with Crippen LogP contribution in [0, 0.1) is 13.8 Å². The van der Waals surface area contributed by atoms with E-state index in [1.54, 1.807) is 0 Å². The molecular weight excluding hydrogens is 176 g/mol. The van der Waals surface area contributed by atoms with Crippen LogP contribution in [-0.4, -0.2) is 13.2 Å². The van der Waals surface area contributed by atoms with Crippen LogP contribution < -0.4 is 9.47 Å². The molecule has 0 N–H and O–H groups in total. The average Bonchev–Trinajstić information content (AvgIpc) is 2.23. The topological polar surface area (TPSA) is 18.5 Å². The smallest absolute Gasteiger partial charge is 0.161 e. The van der Waals surface area contributed by atoms with Gasteiger partial charge < -0.3 is 9.47 Å². The van der Waals surface area contributed by atoms with E-state index in [1.165, 1.54) is 11.1 Å². The monoisotopic (exact) mass is 194 g/mol. The van der Waals surface area contributed by atoms with Crippen LogP contribution in [0.1, 0.15) is 25.0 Å². The van der Waals surface area contributed by atoms with Gasteiger partial charge in [0.05, 0.1) is 0 Å². The minimum Gasteiger partial charge on any atom is -0.486 e. The zero-order valence-electron chi connectivity index (χ0n) is 9.39. The molecule has 0 aliphatic carbocycles. The summed E-state index contributed by atoms with van der Waals surface area (Å²) in [4.78, 5) is 0. The normalized spacial score (nSPS) is 12.9. The number of hydrogen-bond acceptors (Lipinski definition) is 2. The van der Waals surface area contributed by atoms with Gasteiger partial charge in [-0.3, -0.25) is 0 Å². The maximum Gasteiger partial charge on any atom is 0.161 e. The Bertz CT molecular complexity index is 274. The Balaban J connectivity index is 0.000000461. The number of aryl methyl sites for hydroxylation is 2. The standard InChI is InChI=1S/C10H12O2.C2H6/c1-7-5-9-10(6-8(7)2)12-4-3-11-9;1-2/h5-6H,3-4H2,1-2H3;1-2H3. The van der Waals surface area contributed by atoms with E-state index in [0.717, 1.165) is 11.5 Å². The van der Waals surface area contributed by atoms with Gasteiger partial charge in [0.15, 0.2) is 11.5 Å². The Morgan fingerprint density at radius 2 is 1.21 bits per heavy atom. The minimum atomic E-state index is 0.662. The highest BCUT2D eigenvalue weighted by molar-refractivity contribution is 5.47. The summed E-state index contributed by atoms with van der Waals surface area (Å²) < 4.78 is 10.9. The van der Waals surface area contributed by atoms with E-state index in [-0.39, 0.29) is 0 Å². The summed E-state index contributed by atoms with van der Waals surface area (Å²) in [5.41, 5.74) is 2.50. The molecule has 0 fully saturated rings. The molecule has 0 radical (unpaired) electrons. The van der Waals surface area contributed by atoms with E-state index in [0.29, 0.717) is 13.2 Å². The van der Waals surface area contributed by atoms with E-state index >= 15 is 0 Å². The second kappa shape index (κ2) is 4.89. The van der Waals surface area contributed by atoms with Crippen molar-refractivity contribution < 1.29 is 9.47 Å². The second-order valence-corrected chi connectivity index (χ2v) is 3.08. The Hall–Kier alpha value is -1.18. The van der Waals surface area contributed by atoms with Gasteiger partial charge in [-0.1, -0.05) is 13.8 Å². The lowest BCUT2D eigenvalue weighted by atomic mass is 10.1. The van der Waals surface area contributed by atoms with E-state index in [9.17, 15) is 0 Å². The van der Waals surface area contributed by atoms with Gasteiger partial charge in [0.25, 0.3) is 0 Å². The van der Waals surface area contributed by atoms with Crippen LogP contribution in [0.5, 0.6) is 11.5 Å². The first-order chi connectivity index (χ1) is 6.77. The molecule has 1 aromatic rings. The molecule has 0 spiro atoms. The molecular formula is C12H18O2. The predicted molar refractivity (Wildman–Crippen MR) is 58.3 cm³/mol. The number of hydrogen-bond donors (Lipinski definition) is 0. The molecule has 2 nitrogen and oxygen atoms in total. The van der Waals surface area contributed by atoms with Gasteiger partial charge in [0, 0.05) is 0 Å². The fraction of sp³-hybridized carbons (Fsp3) is 0.500. The molecule has 1 aliphatic heterocycles. The lowest BCUT2D eigenvalue weighted by Crippen LogP contribution is -2.15. The summed E-state index contributed by atoms with van der Waals surface area (Å²) >= 11 is 0. The molecule has 0 bridgehead atoms. The number of benzene rings is 1. The molecule has 0 amide bonds. The van der Waals surface area contributed by atoms with Crippen LogP contribution in [0.4, 0.5) is 0 Å². The first kappa shape index (κ1) is 10.9. The first-order valence-corrected chi connectivity index (χ1v) is 5.14. The summed E-state index contributed by atoms with van der Waals surface area (Å²) in [7, 11) is 0. The van der Waals surface area contributed by atoms with Gasteiger partial charge in [-0.15, -0.1) is 0 Å². The molecule has 2 heteroatoms. The molecule has 0 unspecified atom stereocenters. The van der Waals surface area contributed by atoms with Crippen LogP contribution in [0.15, 0.2) is 12.1 Å². The van der Waals surface area contributed by atoms with E-state index in [4.69, 9.17) is 9.47 Å². The van der Waals surface area contributed by atoms with E-state index in [2.05, 4.69) is 13.8 Å². The lowest BCUT2D eigenvalue weighted by Gasteiger charge is -2.19. The van der Waals surface area contributed by atoms with Crippen molar-refractivity contribution >= 4 is 0 Å². The lowest BCUT2D eigenvalue weighted by molar-refractivity contribution is 0.171. The summed E-state index contributed by atoms with van der Waals surface area (Å²) in [6, 6.07) is 4.06. The van der Waals surface area contributed by atoms with Gasteiger partial charge in [0.1, 0.15) is 13.2 Å². The van der Waals surface area contributed by atoms with Crippen molar-refractivity contribution in [2.24, 2.45) is 0 Å². The van der Waals surface area contributed by atoms with Gasteiger partial charge in [-0.05, 0) is 37.1 Å². The van der Waals surface area contributed by atoms with Gasteiger partial charge in [0.2, 0.25) is 0 Å². The highest BCUT2D eigenvalue weighted by Crippen LogP contribution is 2.32. The summed E-state index contributed by atoms with van der Waals surface area (Å²) in [5, 5.41) is 0. The fourth-order valence-electron chi connectivity index (χ4n) is 1.29. The van der Waals surface area contributed by atoms with Crippen molar-refractivity contribution in [3.63, 3.8) is 0 Å². The van der Waals surface area contributed by atoms with Crippen molar-refractivity contribution in [2.45, 2.75) is 27.7 Å². The molecule has 1 aliphatic rings. The summed E-state index contributed by atoms with van der Waals surface area (Å²) in [5.74, 6) is 1.76. The molecule has 14 heavy (non-hydrogen) atoms. The van der Waals surface area contributed by atoms with Crippen LogP contribution in [0.25, 0.3) is 0 Å². The van der Waals surface area contributed by atoms with Crippen molar-refractivity contribution in [3.8, 4) is 11.5 Å². The zero-order chi connectivity index (χ0) is 10.6. The molecule has 2 rings (SSSR count). The quantitative estimate of drug-likeness (QED) is 0.631. The Morgan fingerprint density at radius 1 is 0.857 bits per heavy atom. The molecule has 0 saturated heterocycles. The Morgan fingerprint density at radius 3 is 1.57 bits per heavy atom. The third kappa shape index (κ3) is 2.19. The van der Waals surface area contributed by atoms with Gasteiger partial charge >= 0.3 is 0 Å². The third-order valence-corrected chi connectivity index (χ3v) is 2.16. The molecule has 0 atom stereocenters. The maximum atomic E-state index is 5.43. The predicted octanol–water partition coefficient (Wildman–Crippen LogP) is 3.10. The average molecular weight is 194 g/mol. The van der Waals surface area contributed by atoms with Crippen molar-refractivity contribution in [2.75, 3.05) is 13.2 Å². The van der Waals surface area contributed by atoms with Crippen LogP contribution in [-0.2, 0) is 0 Å². The van der Waals surface area contributed by atoms with Crippen molar-refractivity contribution in [3.05, 3.63) is 23.3 Å². The number of fused-ring (bicyclic) bond motifs is 1. The Labute approximate surface area is 85.8 Å². The first-order valence-electron chi connectivity index (χ1n) is 5.14. The number of rotatable bonds is 0. The summed E-state index contributed by atoms with van der Waals surface area (Å²) in [6.07, 6.45) is 0. The zero-order valence-corrected chi connectivity index (χ0v) is 9.39. The van der Waals surface area contributed by atoms with Crippen LogP contribution >= 0.6 is 0 Å². The fourth-order valence-corrected chi connectivity index (χ4v) is 1.29. The minimum absolute atomic E-state index is 0.662. The molecule has 78 valence electrons. The maximum absolute atomic E-state index is 5.43. The van der Waals surface area contributed by atoms with E-state index in [1.807, 2.05) is 26.0 Å². The van der Waals surface area contributed by atoms with E-state index < -0.39 is 0 Å². The number of ether oxygens (including phenoxy) is 2. The highest BCUT2D eigenvalue weighted by atomic mass is 16.6.